The molecule has 0 N–H and O–H groups in total. The molecule has 0 spiro atoms. The van der Waals surface area contributed by atoms with Gasteiger partial charge in [-0.05, 0) is 0 Å². The zero-order valence-corrected chi connectivity index (χ0v) is 5.95. The van der Waals surface area contributed by atoms with Gasteiger partial charge >= 0.3 is 28.5 Å². The van der Waals surface area contributed by atoms with Gasteiger partial charge in [0.1, 0.15) is 0 Å². The molecule has 0 unspecified atom stereocenters. The maximum atomic E-state index is 8.39. The second-order valence-electron chi connectivity index (χ2n) is 0. The van der Waals surface area contributed by atoms with Gasteiger partial charge in [0.05, 0.1) is 0 Å². The summed E-state index contributed by atoms with van der Waals surface area (Å²) in [6.45, 7) is 0. The Hall–Kier alpha value is 0.852. The van der Waals surface area contributed by atoms with Crippen LogP contribution in [0.5, 0.6) is 0 Å². The molecule has 0 aliphatic carbocycles. The summed E-state index contributed by atoms with van der Waals surface area (Å²) in [6, 6.07) is 0. The minimum atomic E-state index is 0. The molecule has 0 saturated heterocycles. The first-order chi connectivity index (χ1) is 1.00. The van der Waals surface area contributed by atoms with Crippen molar-refractivity contribution < 1.29 is 2.69 Å². The summed E-state index contributed by atoms with van der Waals surface area (Å²) in [7, 11) is 0. The van der Waals surface area contributed by atoms with Gasteiger partial charge in [-0.1, -0.05) is 0 Å². The van der Waals surface area contributed by atoms with Crippen molar-refractivity contribution in [3.8, 4) is 0 Å². The standard InChI is InChI=1S/2B.O.Pb. The summed E-state index contributed by atoms with van der Waals surface area (Å²) < 4.78 is 8.39. The molecule has 0 bridgehead atoms. The quantitative estimate of drug-likeness (QED) is 0.487. The molecule has 0 aliphatic rings. The van der Waals surface area contributed by atoms with E-state index in [0.717, 1.165) is 0 Å². The van der Waals surface area contributed by atoms with Crippen LogP contribution in [0.1, 0.15) is 0 Å². The molecule has 4 heavy (non-hydrogen) atoms. The van der Waals surface area contributed by atoms with Gasteiger partial charge in [-0.25, -0.2) is 0 Å². The second kappa shape index (κ2) is 43.2. The Morgan fingerprint density at radius 3 is 1.00 bits per heavy atom. The van der Waals surface area contributed by atoms with E-state index in [1.54, 1.807) is 0 Å². The Morgan fingerprint density at radius 1 is 1.00 bits per heavy atom. The van der Waals surface area contributed by atoms with E-state index in [9.17, 15) is 0 Å². The zero-order chi connectivity index (χ0) is 2.00. The van der Waals surface area contributed by atoms with Crippen molar-refractivity contribution in [1.29, 1.82) is 0 Å². The van der Waals surface area contributed by atoms with Crippen molar-refractivity contribution in [2.24, 2.45) is 0 Å². The van der Waals surface area contributed by atoms with Crippen LogP contribution >= 0.6 is 0 Å². The van der Waals surface area contributed by atoms with Crippen molar-refractivity contribution >= 4 is 42.6 Å². The van der Waals surface area contributed by atoms with Gasteiger partial charge in [-0.3, -0.25) is 0 Å². The van der Waals surface area contributed by atoms with Crippen LogP contribution in [0.25, 0.3) is 0 Å². The van der Waals surface area contributed by atoms with E-state index in [1.807, 2.05) is 0 Å². The van der Waals surface area contributed by atoms with Crippen LogP contribution in [0, 0.1) is 0 Å². The van der Waals surface area contributed by atoms with Gasteiger partial charge < -0.3 is 0 Å². The topological polar surface area (TPSA) is 17.1 Å². The molecule has 0 aromatic rings. The van der Waals surface area contributed by atoms with E-state index in [4.69, 9.17) is 2.69 Å². The van der Waals surface area contributed by atoms with E-state index in [2.05, 4.69) is 0 Å². The third-order valence-corrected chi connectivity index (χ3v) is 0. The third-order valence-electron chi connectivity index (χ3n) is 0. The Balaban J connectivity index is -0.00000000500. The third kappa shape index (κ3) is 13.5. The van der Waals surface area contributed by atoms with Gasteiger partial charge in [0.15, 0.2) is 0 Å². The van der Waals surface area contributed by atoms with Gasteiger partial charge in [-0.15, -0.1) is 0 Å². The van der Waals surface area contributed by atoms with Crippen molar-refractivity contribution in [3.63, 3.8) is 0 Å². The molecule has 0 amide bonds. The molecule has 0 fully saturated rings. The molecule has 0 aromatic carbocycles. The first-order valence-electron chi connectivity index (χ1n) is 0.204. The van der Waals surface area contributed by atoms with Crippen LogP contribution in [0.2, 0.25) is 0 Å². The summed E-state index contributed by atoms with van der Waals surface area (Å²) in [4.78, 5) is 0. The fourth-order valence-corrected chi connectivity index (χ4v) is 0. The van der Waals surface area contributed by atoms with Gasteiger partial charge in [0, 0.05) is 16.8 Å². The fraction of sp³-hybridized carbons (Fsp3) is 0. The van der Waals surface area contributed by atoms with E-state index < -0.39 is 0 Å². The molecule has 1 nitrogen and oxygen atoms in total. The molecule has 8 radical (unpaired) electrons. The molecule has 0 rings (SSSR count). The van der Waals surface area contributed by atoms with Gasteiger partial charge in [-0.2, -0.15) is 0 Å². The van der Waals surface area contributed by atoms with Crippen LogP contribution in [0.4, 0.5) is 0 Å². The Labute approximate surface area is 45.5 Å². The van der Waals surface area contributed by atoms with Crippen LogP contribution < -0.4 is 0 Å². The fourth-order valence-electron chi connectivity index (χ4n) is 0. The predicted molar refractivity (Wildman–Crippen MR) is 17.9 cm³/mol. The monoisotopic (exact) mass is 246 g/mol. The number of hydrogen-bond acceptors (Lipinski definition) is 1. The maximum absolute atomic E-state index is 8.39. The summed E-state index contributed by atoms with van der Waals surface area (Å²) in [5, 5.41) is 0. The Bertz CT molecular complexity index is 6.00. The van der Waals surface area contributed by atoms with Crippen molar-refractivity contribution in [2.75, 3.05) is 0 Å². The van der Waals surface area contributed by atoms with E-state index in [-0.39, 0.29) is 42.6 Å². The van der Waals surface area contributed by atoms with Crippen LogP contribution in [0.3, 0.4) is 0 Å². The summed E-state index contributed by atoms with van der Waals surface area (Å²) in [6.07, 6.45) is 0. The minimum absolute atomic E-state index is 0. The summed E-state index contributed by atoms with van der Waals surface area (Å²) >= 11 is 0.0556. The first kappa shape index (κ1) is 21.0. The summed E-state index contributed by atoms with van der Waals surface area (Å²) in [5.74, 6) is 0. The number of rotatable bonds is 0. The number of hydrogen-bond donors (Lipinski definition) is 0. The second-order valence-corrected chi connectivity index (χ2v) is 0. The molecule has 16 valence electrons. The van der Waals surface area contributed by atoms with E-state index in [1.165, 1.54) is 0 Å². The molecular formula is B2OPb. The first-order valence-corrected chi connectivity index (χ1v) is 1.79. The Morgan fingerprint density at radius 2 is 1.00 bits per heavy atom. The molecule has 0 aromatic heterocycles. The van der Waals surface area contributed by atoms with Crippen molar-refractivity contribution in [2.45, 2.75) is 0 Å². The van der Waals surface area contributed by atoms with E-state index >= 15 is 0 Å². The molecule has 4 heteroatoms. The summed E-state index contributed by atoms with van der Waals surface area (Å²) in [5.41, 5.74) is 0. The molecule has 0 aliphatic heterocycles. The van der Waals surface area contributed by atoms with Crippen LogP contribution in [-0.2, 0) is 2.69 Å². The average Bonchev–Trinajstić information content (AvgIpc) is 1.00. The van der Waals surface area contributed by atoms with Gasteiger partial charge in [0.25, 0.3) is 0 Å². The molecule has 0 atom stereocenters. The Kier molecular flexibility index (Phi) is 227. The average molecular weight is 245 g/mol. The molecule has 0 heterocycles. The van der Waals surface area contributed by atoms with E-state index in [0.29, 0.717) is 0 Å². The predicted octanol–water partition coefficient (Wildman–Crippen LogP) is -1.26. The zero-order valence-electron chi connectivity index (χ0n) is 2.06. The van der Waals surface area contributed by atoms with Gasteiger partial charge in [0.2, 0.25) is 0 Å². The molecular weight excluding hydrogens is 245 g/mol. The SMILES string of the molecule is [B].[B].[O]=[Pb]. The van der Waals surface area contributed by atoms with Crippen LogP contribution in [0.15, 0.2) is 0 Å². The van der Waals surface area contributed by atoms with Crippen molar-refractivity contribution in [1.82, 2.24) is 0 Å². The van der Waals surface area contributed by atoms with Crippen molar-refractivity contribution in [3.05, 3.63) is 0 Å². The normalized spacial score (nSPS) is 1.00. The van der Waals surface area contributed by atoms with Crippen LogP contribution in [-0.4, -0.2) is 42.6 Å². The molecule has 0 saturated carbocycles.